The number of rotatable bonds is 6. The molecular formula is C24H26N4O2. The summed E-state index contributed by atoms with van der Waals surface area (Å²) in [4.78, 5) is 28.3. The molecular weight excluding hydrogens is 376 g/mol. The maximum Gasteiger partial charge on any atom is 0.273 e. The van der Waals surface area contributed by atoms with Gasteiger partial charge in [0.15, 0.2) is 0 Å². The molecule has 0 saturated heterocycles. The summed E-state index contributed by atoms with van der Waals surface area (Å²) in [5, 5.41) is 7.66. The first kappa shape index (κ1) is 19.9. The van der Waals surface area contributed by atoms with Crippen molar-refractivity contribution in [3.05, 3.63) is 78.0 Å². The first-order valence-electron chi connectivity index (χ1n) is 10.3. The first-order valence-corrected chi connectivity index (χ1v) is 10.3. The second-order valence-corrected chi connectivity index (χ2v) is 7.84. The second kappa shape index (κ2) is 8.14. The molecule has 3 aromatic rings. The number of nitrogens with zero attached hydrogens (tertiary/aromatic N) is 3. The topological polar surface area (TPSA) is 67.2 Å². The van der Waals surface area contributed by atoms with Crippen LogP contribution in [0.2, 0.25) is 0 Å². The molecule has 30 heavy (non-hydrogen) atoms. The Morgan fingerprint density at radius 2 is 1.77 bits per heavy atom. The van der Waals surface area contributed by atoms with Crippen LogP contribution >= 0.6 is 0 Å². The molecule has 1 aliphatic rings. The van der Waals surface area contributed by atoms with Gasteiger partial charge in [-0.25, -0.2) is 0 Å². The highest BCUT2D eigenvalue weighted by molar-refractivity contribution is 6.00. The van der Waals surface area contributed by atoms with E-state index in [0.29, 0.717) is 25.3 Å². The van der Waals surface area contributed by atoms with E-state index in [0.717, 1.165) is 23.2 Å². The second-order valence-electron chi connectivity index (χ2n) is 7.84. The zero-order valence-electron chi connectivity index (χ0n) is 17.3. The fraction of sp³-hybridized carbons (Fsp3) is 0.292. The molecule has 4 rings (SSSR count). The summed E-state index contributed by atoms with van der Waals surface area (Å²) in [6.07, 6.45) is 0.771. The summed E-state index contributed by atoms with van der Waals surface area (Å²) in [7, 11) is 0. The van der Waals surface area contributed by atoms with Gasteiger partial charge in [0.2, 0.25) is 5.91 Å². The fourth-order valence-corrected chi connectivity index (χ4v) is 3.93. The molecule has 0 spiro atoms. The highest BCUT2D eigenvalue weighted by Crippen LogP contribution is 2.30. The zero-order valence-corrected chi connectivity index (χ0v) is 17.3. The molecule has 2 amide bonds. The maximum atomic E-state index is 13.3. The van der Waals surface area contributed by atoms with Crippen LogP contribution in [0.15, 0.2) is 66.7 Å². The van der Waals surface area contributed by atoms with Crippen LogP contribution in [-0.4, -0.2) is 38.6 Å². The molecule has 1 aromatic heterocycles. The minimum Gasteiger partial charge on any atom is -0.350 e. The Hall–Kier alpha value is -3.41. The average Bonchev–Trinajstić information content (AvgIpc) is 3.20. The van der Waals surface area contributed by atoms with E-state index in [1.54, 1.807) is 9.58 Å². The standard InChI is InChI=1S/C24H26N4O2/c1-3-14-27-22(29)21-15-20(19-12-8-5-9-13-19)26-28(21)17-24(27,2)23(30)25-16-18-10-6-4-7-11-18/h4-13,15H,3,14,16-17H2,1-2H3,(H,25,30)/t24-/m1/s1. The van der Waals surface area contributed by atoms with Gasteiger partial charge in [-0.05, 0) is 25.0 Å². The van der Waals surface area contributed by atoms with Crippen LogP contribution in [0.3, 0.4) is 0 Å². The molecule has 6 nitrogen and oxygen atoms in total. The van der Waals surface area contributed by atoms with Crippen LogP contribution in [0.5, 0.6) is 0 Å². The lowest BCUT2D eigenvalue weighted by molar-refractivity contribution is -0.133. The molecule has 1 N–H and O–H groups in total. The third kappa shape index (κ3) is 3.61. The molecule has 0 fully saturated rings. The minimum atomic E-state index is -1.01. The van der Waals surface area contributed by atoms with Gasteiger partial charge in [0.05, 0.1) is 12.2 Å². The summed E-state index contributed by atoms with van der Waals surface area (Å²) >= 11 is 0. The summed E-state index contributed by atoms with van der Waals surface area (Å²) in [6.45, 7) is 5.09. The molecule has 0 unspecified atom stereocenters. The van der Waals surface area contributed by atoms with Crippen molar-refractivity contribution in [2.45, 2.75) is 38.9 Å². The van der Waals surface area contributed by atoms with Crippen LogP contribution in [0.25, 0.3) is 11.3 Å². The van der Waals surface area contributed by atoms with Gasteiger partial charge in [-0.15, -0.1) is 0 Å². The molecule has 0 radical (unpaired) electrons. The van der Waals surface area contributed by atoms with Crippen molar-refractivity contribution >= 4 is 11.8 Å². The van der Waals surface area contributed by atoms with Crippen molar-refractivity contribution in [1.82, 2.24) is 20.0 Å². The van der Waals surface area contributed by atoms with Gasteiger partial charge >= 0.3 is 0 Å². The van der Waals surface area contributed by atoms with Crippen LogP contribution in [0.1, 0.15) is 36.3 Å². The lowest BCUT2D eigenvalue weighted by Crippen LogP contribution is -2.64. The van der Waals surface area contributed by atoms with Crippen molar-refractivity contribution < 1.29 is 9.59 Å². The summed E-state index contributed by atoms with van der Waals surface area (Å²) < 4.78 is 1.68. The summed E-state index contributed by atoms with van der Waals surface area (Å²) in [6, 6.07) is 21.4. The van der Waals surface area contributed by atoms with Gasteiger partial charge < -0.3 is 10.2 Å². The van der Waals surface area contributed by atoms with Gasteiger partial charge in [0.1, 0.15) is 11.2 Å². The molecule has 1 atom stereocenters. The Labute approximate surface area is 176 Å². The van der Waals surface area contributed by atoms with E-state index in [2.05, 4.69) is 10.4 Å². The number of carbonyl (C=O) groups is 2. The molecule has 154 valence electrons. The van der Waals surface area contributed by atoms with E-state index < -0.39 is 5.54 Å². The average molecular weight is 402 g/mol. The predicted molar refractivity (Wildman–Crippen MR) is 116 cm³/mol. The van der Waals surface area contributed by atoms with E-state index in [9.17, 15) is 9.59 Å². The molecule has 2 heterocycles. The number of benzene rings is 2. The van der Waals surface area contributed by atoms with Crippen LogP contribution < -0.4 is 5.32 Å². The van der Waals surface area contributed by atoms with Gasteiger partial charge in [-0.3, -0.25) is 14.3 Å². The number of aromatic nitrogens is 2. The van der Waals surface area contributed by atoms with Gasteiger partial charge in [0.25, 0.3) is 5.91 Å². The number of carbonyl (C=O) groups excluding carboxylic acids is 2. The lowest BCUT2D eigenvalue weighted by Gasteiger charge is -2.43. The van der Waals surface area contributed by atoms with Crippen molar-refractivity contribution in [2.75, 3.05) is 6.54 Å². The predicted octanol–water partition coefficient (Wildman–Crippen LogP) is 3.49. The van der Waals surface area contributed by atoms with Crippen LogP contribution in [0, 0.1) is 0 Å². The number of nitrogens with one attached hydrogen (secondary N) is 1. The number of hydrogen-bond donors (Lipinski definition) is 1. The van der Waals surface area contributed by atoms with E-state index in [1.165, 1.54) is 0 Å². The van der Waals surface area contributed by atoms with Crippen molar-refractivity contribution in [3.63, 3.8) is 0 Å². The molecule has 1 aliphatic heterocycles. The Balaban J connectivity index is 1.63. The third-order valence-corrected chi connectivity index (χ3v) is 5.60. The van der Waals surface area contributed by atoms with Crippen molar-refractivity contribution in [3.8, 4) is 11.3 Å². The first-order chi connectivity index (χ1) is 14.5. The molecule has 0 bridgehead atoms. The van der Waals surface area contributed by atoms with E-state index in [1.807, 2.05) is 80.6 Å². The summed E-state index contributed by atoms with van der Waals surface area (Å²) in [5.41, 5.74) is 2.23. The lowest BCUT2D eigenvalue weighted by atomic mass is 9.94. The minimum absolute atomic E-state index is 0.157. The maximum absolute atomic E-state index is 13.3. The number of fused-ring (bicyclic) bond motifs is 1. The number of amides is 2. The van der Waals surface area contributed by atoms with Crippen molar-refractivity contribution in [1.29, 1.82) is 0 Å². The molecule has 0 saturated carbocycles. The Bertz CT molecular complexity index is 1050. The SMILES string of the molecule is CCCN1C(=O)c2cc(-c3ccccc3)nn2C[C@]1(C)C(=O)NCc1ccccc1. The number of hydrogen-bond acceptors (Lipinski definition) is 3. The van der Waals surface area contributed by atoms with Gasteiger partial charge in [0, 0.05) is 18.7 Å². The Morgan fingerprint density at radius 3 is 2.43 bits per heavy atom. The van der Waals surface area contributed by atoms with E-state index in [4.69, 9.17) is 0 Å². The highest BCUT2D eigenvalue weighted by atomic mass is 16.2. The molecule has 0 aliphatic carbocycles. The van der Waals surface area contributed by atoms with Gasteiger partial charge in [-0.1, -0.05) is 67.6 Å². The normalized spacial score (nSPS) is 18.2. The smallest absolute Gasteiger partial charge is 0.273 e. The molecule has 6 heteroatoms. The fourth-order valence-electron chi connectivity index (χ4n) is 3.93. The third-order valence-electron chi connectivity index (χ3n) is 5.60. The van der Waals surface area contributed by atoms with Gasteiger partial charge in [-0.2, -0.15) is 5.10 Å². The monoisotopic (exact) mass is 402 g/mol. The zero-order chi connectivity index (χ0) is 21.1. The quantitative estimate of drug-likeness (QED) is 0.686. The Kier molecular flexibility index (Phi) is 5.40. The van der Waals surface area contributed by atoms with E-state index in [-0.39, 0.29) is 11.8 Å². The van der Waals surface area contributed by atoms with Crippen LogP contribution in [-0.2, 0) is 17.9 Å². The Morgan fingerprint density at radius 1 is 1.10 bits per heavy atom. The van der Waals surface area contributed by atoms with E-state index >= 15 is 0 Å². The summed E-state index contributed by atoms with van der Waals surface area (Å²) in [5.74, 6) is -0.328. The highest BCUT2D eigenvalue weighted by Gasteiger charge is 2.47. The van der Waals surface area contributed by atoms with Crippen molar-refractivity contribution in [2.24, 2.45) is 0 Å². The van der Waals surface area contributed by atoms with Crippen LogP contribution in [0.4, 0.5) is 0 Å². The largest absolute Gasteiger partial charge is 0.350 e. The molecule has 2 aromatic carbocycles.